The number of rotatable bonds is 0. The lowest BCUT2D eigenvalue weighted by Gasteiger charge is -2.20. The molecule has 1 nitrogen and oxygen atoms in total. The van der Waals surface area contributed by atoms with Gasteiger partial charge in [-0.2, -0.15) is 0 Å². The second-order valence-electron chi connectivity index (χ2n) is 3.19. The van der Waals surface area contributed by atoms with Crippen LogP contribution in [0.1, 0.15) is 23.7 Å². The minimum Gasteiger partial charge on any atom is -0.388 e. The molecule has 1 aromatic rings. The van der Waals surface area contributed by atoms with Crippen LogP contribution in [0.5, 0.6) is 0 Å². The molecule has 1 aliphatic rings. The van der Waals surface area contributed by atoms with Crippen LogP contribution in [0, 0.1) is 6.92 Å². The zero-order chi connectivity index (χ0) is 8.55. The number of aryl methyl sites for hydroxylation is 1. The third kappa shape index (κ3) is 1.37. The maximum absolute atomic E-state index is 9.67. The maximum Gasteiger partial charge on any atom is 0.0808 e. The van der Waals surface area contributed by atoms with E-state index in [0.29, 0.717) is 0 Å². The Morgan fingerprint density at radius 2 is 2.33 bits per heavy atom. The molecule has 1 aliphatic heterocycles. The quantitative estimate of drug-likeness (QED) is 0.662. The van der Waals surface area contributed by atoms with Gasteiger partial charge in [0.25, 0.3) is 0 Å². The van der Waals surface area contributed by atoms with E-state index >= 15 is 0 Å². The Labute approximate surface area is 76.8 Å². The predicted octanol–water partition coefficient (Wildman–Crippen LogP) is 2.52. The number of aliphatic hydroxyl groups is 1. The van der Waals surface area contributed by atoms with E-state index in [2.05, 4.69) is 25.1 Å². The van der Waals surface area contributed by atoms with Gasteiger partial charge in [-0.3, -0.25) is 0 Å². The van der Waals surface area contributed by atoms with Gasteiger partial charge < -0.3 is 5.11 Å². The van der Waals surface area contributed by atoms with Crippen LogP contribution in [0.3, 0.4) is 0 Å². The highest BCUT2D eigenvalue weighted by atomic mass is 32.2. The summed E-state index contributed by atoms with van der Waals surface area (Å²) in [6.07, 6.45) is 0.655. The molecule has 0 spiro atoms. The number of hydrogen-bond donors (Lipinski definition) is 1. The van der Waals surface area contributed by atoms with Crippen molar-refractivity contribution in [2.24, 2.45) is 0 Å². The molecule has 0 amide bonds. The molecule has 0 aromatic heterocycles. The Morgan fingerprint density at radius 1 is 1.50 bits per heavy atom. The molecule has 0 unspecified atom stereocenters. The summed E-state index contributed by atoms with van der Waals surface area (Å²) in [5.41, 5.74) is 2.35. The van der Waals surface area contributed by atoms with Gasteiger partial charge >= 0.3 is 0 Å². The van der Waals surface area contributed by atoms with Crippen LogP contribution in [0.25, 0.3) is 0 Å². The highest BCUT2D eigenvalue weighted by Gasteiger charge is 2.17. The monoisotopic (exact) mass is 180 g/mol. The predicted molar refractivity (Wildman–Crippen MR) is 51.5 cm³/mol. The van der Waals surface area contributed by atoms with Gasteiger partial charge in [0.1, 0.15) is 0 Å². The van der Waals surface area contributed by atoms with Crippen molar-refractivity contribution >= 4 is 11.8 Å². The van der Waals surface area contributed by atoms with E-state index in [1.165, 1.54) is 10.5 Å². The van der Waals surface area contributed by atoms with Crippen molar-refractivity contribution in [1.82, 2.24) is 0 Å². The van der Waals surface area contributed by atoms with Crippen molar-refractivity contribution in [2.45, 2.75) is 24.3 Å². The summed E-state index contributed by atoms with van der Waals surface area (Å²) in [7, 11) is 0. The first kappa shape index (κ1) is 8.14. The molecule has 1 N–H and O–H groups in total. The van der Waals surface area contributed by atoms with Gasteiger partial charge in [0, 0.05) is 10.6 Å². The topological polar surface area (TPSA) is 20.2 Å². The lowest BCUT2D eigenvalue weighted by molar-refractivity contribution is 0.170. The minimum atomic E-state index is -0.235. The zero-order valence-electron chi connectivity index (χ0n) is 7.08. The lowest BCUT2D eigenvalue weighted by atomic mass is 10.0. The third-order valence-corrected chi connectivity index (χ3v) is 3.30. The third-order valence-electron chi connectivity index (χ3n) is 2.17. The van der Waals surface area contributed by atoms with Crippen molar-refractivity contribution < 1.29 is 5.11 Å². The Kier molecular flexibility index (Phi) is 2.11. The molecule has 0 saturated heterocycles. The minimum absolute atomic E-state index is 0.235. The van der Waals surface area contributed by atoms with Crippen LogP contribution >= 0.6 is 11.8 Å². The maximum atomic E-state index is 9.67. The zero-order valence-corrected chi connectivity index (χ0v) is 7.90. The lowest BCUT2D eigenvalue weighted by Crippen LogP contribution is -2.06. The fourth-order valence-corrected chi connectivity index (χ4v) is 2.58. The number of hydrogen-bond acceptors (Lipinski definition) is 2. The molecule has 0 aliphatic carbocycles. The van der Waals surface area contributed by atoms with Gasteiger partial charge in [0.05, 0.1) is 6.10 Å². The Balaban J connectivity index is 2.47. The van der Waals surface area contributed by atoms with Gasteiger partial charge in [0.2, 0.25) is 0 Å². The standard InChI is InChI=1S/C10H12OS/c1-7-2-3-10-8(6-7)9(11)4-5-12-10/h2-3,6,9,11H,4-5H2,1H3/t9-/m0/s1. The average Bonchev–Trinajstić information content (AvgIpc) is 2.07. The largest absolute Gasteiger partial charge is 0.388 e. The highest BCUT2D eigenvalue weighted by Crippen LogP contribution is 2.36. The normalized spacial score (nSPS) is 22.0. The number of fused-ring (bicyclic) bond motifs is 1. The fraction of sp³-hybridized carbons (Fsp3) is 0.400. The van der Waals surface area contributed by atoms with Crippen LogP contribution in [-0.2, 0) is 0 Å². The second kappa shape index (κ2) is 3.11. The van der Waals surface area contributed by atoms with Crippen LogP contribution in [0.2, 0.25) is 0 Å². The molecule has 0 saturated carbocycles. The molecule has 1 aromatic carbocycles. The highest BCUT2D eigenvalue weighted by molar-refractivity contribution is 7.99. The van der Waals surface area contributed by atoms with Gasteiger partial charge in [-0.05, 0) is 25.0 Å². The molecule has 1 heterocycles. The van der Waals surface area contributed by atoms with E-state index in [1.807, 2.05) is 11.8 Å². The fourth-order valence-electron chi connectivity index (χ4n) is 1.50. The molecular formula is C10H12OS. The number of benzene rings is 1. The van der Waals surface area contributed by atoms with Crippen LogP contribution in [0.15, 0.2) is 23.1 Å². The summed E-state index contributed by atoms with van der Waals surface area (Å²) in [5.74, 6) is 1.04. The van der Waals surface area contributed by atoms with Crippen molar-refractivity contribution in [3.63, 3.8) is 0 Å². The van der Waals surface area contributed by atoms with Crippen LogP contribution in [-0.4, -0.2) is 10.9 Å². The van der Waals surface area contributed by atoms with Crippen molar-refractivity contribution in [1.29, 1.82) is 0 Å². The molecule has 0 fully saturated rings. The summed E-state index contributed by atoms with van der Waals surface area (Å²) in [5, 5.41) is 9.67. The van der Waals surface area contributed by atoms with Crippen molar-refractivity contribution in [2.75, 3.05) is 5.75 Å². The van der Waals surface area contributed by atoms with E-state index in [-0.39, 0.29) is 6.10 Å². The summed E-state index contributed by atoms with van der Waals surface area (Å²) in [4.78, 5) is 1.25. The van der Waals surface area contributed by atoms with Crippen molar-refractivity contribution in [3.8, 4) is 0 Å². The van der Waals surface area contributed by atoms with E-state index in [4.69, 9.17) is 0 Å². The summed E-state index contributed by atoms with van der Waals surface area (Å²) in [6.45, 7) is 2.06. The number of aliphatic hydroxyl groups excluding tert-OH is 1. The summed E-state index contributed by atoms with van der Waals surface area (Å²) in [6, 6.07) is 6.30. The molecule has 1 atom stereocenters. The summed E-state index contributed by atoms with van der Waals surface area (Å²) < 4.78 is 0. The molecule has 12 heavy (non-hydrogen) atoms. The number of thioether (sulfide) groups is 1. The molecule has 0 radical (unpaired) electrons. The van der Waals surface area contributed by atoms with E-state index in [9.17, 15) is 5.11 Å². The van der Waals surface area contributed by atoms with Gasteiger partial charge in [-0.25, -0.2) is 0 Å². The van der Waals surface area contributed by atoms with Crippen molar-refractivity contribution in [3.05, 3.63) is 29.3 Å². The molecule has 2 rings (SSSR count). The Morgan fingerprint density at radius 3 is 3.17 bits per heavy atom. The Hall–Kier alpha value is -0.470. The van der Waals surface area contributed by atoms with E-state index < -0.39 is 0 Å². The first-order valence-electron chi connectivity index (χ1n) is 4.19. The first-order valence-corrected chi connectivity index (χ1v) is 5.17. The average molecular weight is 180 g/mol. The second-order valence-corrected chi connectivity index (χ2v) is 4.33. The van der Waals surface area contributed by atoms with Crippen LogP contribution < -0.4 is 0 Å². The first-order chi connectivity index (χ1) is 5.77. The summed E-state index contributed by atoms with van der Waals surface area (Å²) >= 11 is 1.84. The molecule has 0 bridgehead atoms. The van der Waals surface area contributed by atoms with Gasteiger partial charge in [-0.15, -0.1) is 11.8 Å². The molecular weight excluding hydrogens is 168 g/mol. The molecule has 2 heteroatoms. The van der Waals surface area contributed by atoms with Crippen LogP contribution in [0.4, 0.5) is 0 Å². The Bertz CT molecular complexity index is 296. The molecule has 64 valence electrons. The van der Waals surface area contributed by atoms with E-state index in [0.717, 1.165) is 17.7 Å². The van der Waals surface area contributed by atoms with Gasteiger partial charge in [-0.1, -0.05) is 17.7 Å². The smallest absolute Gasteiger partial charge is 0.0808 e. The SMILES string of the molecule is Cc1ccc2c(c1)[C@@H](O)CCS2. The van der Waals surface area contributed by atoms with E-state index in [1.54, 1.807) is 0 Å². The van der Waals surface area contributed by atoms with Gasteiger partial charge in [0.15, 0.2) is 0 Å².